The molecule has 0 spiro atoms. The number of hydrogen-bond acceptors (Lipinski definition) is 2. The van der Waals surface area contributed by atoms with Crippen LogP contribution in [0, 0.1) is 11.6 Å². The van der Waals surface area contributed by atoms with Crippen molar-refractivity contribution >= 4 is 26.5 Å². The molecule has 0 fully saturated rings. The van der Waals surface area contributed by atoms with Crippen LogP contribution in [0.3, 0.4) is 0 Å². The second kappa shape index (κ2) is 5.38. The van der Waals surface area contributed by atoms with E-state index in [2.05, 4.69) is 4.72 Å². The van der Waals surface area contributed by atoms with Crippen molar-refractivity contribution in [3.8, 4) is 0 Å². The van der Waals surface area contributed by atoms with Gasteiger partial charge in [0.1, 0.15) is 11.6 Å². The molecule has 3 nitrogen and oxygen atoms in total. The third-order valence-corrected chi connectivity index (χ3v) is 4.57. The molecule has 3 rings (SSSR count). The largest absolute Gasteiger partial charge is 0.277 e. The van der Waals surface area contributed by atoms with Gasteiger partial charge in [0.15, 0.2) is 0 Å². The molecule has 0 aliphatic carbocycles. The summed E-state index contributed by atoms with van der Waals surface area (Å²) in [4.78, 5) is 0.00919. The number of sulfonamides is 1. The Hall–Kier alpha value is -2.47. The van der Waals surface area contributed by atoms with E-state index in [0.717, 1.165) is 22.9 Å². The van der Waals surface area contributed by atoms with Gasteiger partial charge in [0.2, 0.25) is 0 Å². The van der Waals surface area contributed by atoms with Gasteiger partial charge in [-0.05, 0) is 35.0 Å². The Bertz CT molecular complexity index is 955. The Labute approximate surface area is 126 Å². The number of rotatable bonds is 3. The molecule has 0 atom stereocenters. The summed E-state index contributed by atoms with van der Waals surface area (Å²) in [6.07, 6.45) is 0. The van der Waals surface area contributed by atoms with E-state index in [-0.39, 0.29) is 10.6 Å². The summed E-state index contributed by atoms with van der Waals surface area (Å²) in [5.41, 5.74) is -0.297. The molecule has 0 radical (unpaired) electrons. The van der Waals surface area contributed by atoms with Crippen LogP contribution in [0.15, 0.2) is 65.6 Å². The van der Waals surface area contributed by atoms with Crippen molar-refractivity contribution in [1.29, 1.82) is 0 Å². The molecular formula is C16H11F2NO2S. The number of anilines is 1. The van der Waals surface area contributed by atoms with Gasteiger partial charge >= 0.3 is 0 Å². The maximum Gasteiger partial charge on any atom is 0.262 e. The maximum absolute atomic E-state index is 13.6. The average Bonchev–Trinajstić information content (AvgIpc) is 2.49. The lowest BCUT2D eigenvalue weighted by Crippen LogP contribution is -2.14. The zero-order valence-electron chi connectivity index (χ0n) is 11.3. The summed E-state index contributed by atoms with van der Waals surface area (Å²) in [5, 5.41) is 1.65. The summed E-state index contributed by atoms with van der Waals surface area (Å²) < 4.78 is 53.2. The Morgan fingerprint density at radius 3 is 2.27 bits per heavy atom. The smallest absolute Gasteiger partial charge is 0.262 e. The van der Waals surface area contributed by atoms with E-state index in [1.807, 2.05) is 12.1 Å². The number of nitrogens with one attached hydrogen (secondary N) is 1. The highest BCUT2D eigenvalue weighted by Crippen LogP contribution is 2.23. The summed E-state index contributed by atoms with van der Waals surface area (Å²) in [5.74, 6) is -1.74. The molecule has 1 N–H and O–H groups in total. The first-order valence-corrected chi connectivity index (χ1v) is 7.91. The van der Waals surface area contributed by atoms with Crippen molar-refractivity contribution in [2.45, 2.75) is 4.90 Å². The molecule has 0 aliphatic rings. The van der Waals surface area contributed by atoms with Crippen LogP contribution in [0.1, 0.15) is 0 Å². The normalized spacial score (nSPS) is 11.5. The minimum Gasteiger partial charge on any atom is -0.277 e. The van der Waals surface area contributed by atoms with Crippen LogP contribution < -0.4 is 4.72 Å². The summed E-state index contributed by atoms with van der Waals surface area (Å²) in [6.45, 7) is 0. The Morgan fingerprint density at radius 1 is 0.818 bits per heavy atom. The van der Waals surface area contributed by atoms with Crippen molar-refractivity contribution in [1.82, 2.24) is 0 Å². The lowest BCUT2D eigenvalue weighted by Gasteiger charge is -2.09. The number of hydrogen-bond donors (Lipinski definition) is 1. The SMILES string of the molecule is O=S(=O)(Nc1ccc(F)cc1F)c1ccc2ccccc2c1. The van der Waals surface area contributed by atoms with Crippen LogP contribution in [-0.2, 0) is 10.0 Å². The fourth-order valence-electron chi connectivity index (χ4n) is 2.11. The fraction of sp³-hybridized carbons (Fsp3) is 0. The number of halogens is 2. The van der Waals surface area contributed by atoms with Crippen molar-refractivity contribution in [2.24, 2.45) is 0 Å². The molecule has 0 unspecified atom stereocenters. The number of fused-ring (bicyclic) bond motifs is 1. The predicted octanol–water partition coefficient (Wildman–Crippen LogP) is 3.92. The molecular weight excluding hydrogens is 308 g/mol. The van der Waals surface area contributed by atoms with Crippen molar-refractivity contribution < 1.29 is 17.2 Å². The van der Waals surface area contributed by atoms with Gasteiger partial charge in [-0.3, -0.25) is 4.72 Å². The van der Waals surface area contributed by atoms with E-state index in [1.54, 1.807) is 18.2 Å². The lowest BCUT2D eigenvalue weighted by molar-refractivity contribution is 0.583. The zero-order chi connectivity index (χ0) is 15.7. The molecule has 112 valence electrons. The molecule has 0 aromatic heterocycles. The predicted molar refractivity (Wildman–Crippen MR) is 81.1 cm³/mol. The van der Waals surface area contributed by atoms with Crippen molar-refractivity contribution in [3.63, 3.8) is 0 Å². The third kappa shape index (κ3) is 2.78. The van der Waals surface area contributed by atoms with Crippen LogP contribution in [0.2, 0.25) is 0 Å². The highest BCUT2D eigenvalue weighted by atomic mass is 32.2. The molecule has 0 bridgehead atoms. The highest BCUT2D eigenvalue weighted by molar-refractivity contribution is 7.92. The van der Waals surface area contributed by atoms with E-state index < -0.39 is 21.7 Å². The quantitative estimate of drug-likeness (QED) is 0.795. The number of benzene rings is 3. The first-order valence-electron chi connectivity index (χ1n) is 6.42. The van der Waals surface area contributed by atoms with Gasteiger partial charge in [-0.25, -0.2) is 17.2 Å². The molecule has 0 saturated heterocycles. The van der Waals surface area contributed by atoms with Crippen molar-refractivity contribution in [2.75, 3.05) is 4.72 Å². The molecule has 22 heavy (non-hydrogen) atoms. The van der Waals surface area contributed by atoms with Crippen LogP contribution in [0.5, 0.6) is 0 Å². The monoisotopic (exact) mass is 319 g/mol. The Balaban J connectivity index is 2.00. The molecule has 0 aliphatic heterocycles. The third-order valence-electron chi connectivity index (χ3n) is 3.21. The van der Waals surface area contributed by atoms with Crippen molar-refractivity contribution in [3.05, 3.63) is 72.3 Å². The minimum absolute atomic E-state index is 0.00919. The van der Waals surface area contributed by atoms with Gasteiger partial charge < -0.3 is 0 Å². The average molecular weight is 319 g/mol. The maximum atomic E-state index is 13.6. The highest BCUT2D eigenvalue weighted by Gasteiger charge is 2.17. The van der Waals surface area contributed by atoms with Crippen LogP contribution >= 0.6 is 0 Å². The second-order valence-corrected chi connectivity index (χ2v) is 6.42. The fourth-order valence-corrected chi connectivity index (χ4v) is 3.21. The zero-order valence-corrected chi connectivity index (χ0v) is 12.1. The summed E-state index contributed by atoms with van der Waals surface area (Å²) in [6, 6.07) is 14.6. The minimum atomic E-state index is -3.95. The van der Waals surface area contributed by atoms with E-state index in [4.69, 9.17) is 0 Å². The van der Waals surface area contributed by atoms with Crippen LogP contribution in [-0.4, -0.2) is 8.42 Å². The van der Waals surface area contributed by atoms with E-state index >= 15 is 0 Å². The van der Waals surface area contributed by atoms with Gasteiger partial charge in [0, 0.05) is 6.07 Å². The van der Waals surface area contributed by atoms with Gasteiger partial charge in [0.25, 0.3) is 10.0 Å². The standard InChI is InChI=1S/C16H11F2NO2S/c17-13-6-8-16(15(18)10-13)19-22(20,21)14-7-5-11-3-1-2-4-12(11)9-14/h1-10,19H. The van der Waals surface area contributed by atoms with Crippen LogP contribution in [0.4, 0.5) is 14.5 Å². The van der Waals surface area contributed by atoms with Gasteiger partial charge in [-0.1, -0.05) is 30.3 Å². The van der Waals surface area contributed by atoms with Gasteiger partial charge in [0.05, 0.1) is 10.6 Å². The van der Waals surface area contributed by atoms with Gasteiger partial charge in [-0.2, -0.15) is 0 Å². The van der Waals surface area contributed by atoms with Gasteiger partial charge in [-0.15, -0.1) is 0 Å². The molecule has 0 heterocycles. The van der Waals surface area contributed by atoms with Crippen LogP contribution in [0.25, 0.3) is 10.8 Å². The molecule has 6 heteroatoms. The summed E-state index contributed by atoms with van der Waals surface area (Å²) in [7, 11) is -3.95. The lowest BCUT2D eigenvalue weighted by atomic mass is 10.1. The van der Waals surface area contributed by atoms with E-state index in [1.165, 1.54) is 12.1 Å². The second-order valence-electron chi connectivity index (χ2n) is 4.74. The first-order chi connectivity index (χ1) is 10.5. The Kier molecular flexibility index (Phi) is 3.54. The molecule has 0 saturated carbocycles. The molecule has 3 aromatic rings. The first kappa shape index (κ1) is 14.5. The summed E-state index contributed by atoms with van der Waals surface area (Å²) >= 11 is 0. The molecule has 0 amide bonds. The van der Waals surface area contributed by atoms with E-state index in [0.29, 0.717) is 6.07 Å². The molecule has 3 aromatic carbocycles. The topological polar surface area (TPSA) is 46.2 Å². The van der Waals surface area contributed by atoms with E-state index in [9.17, 15) is 17.2 Å². The Morgan fingerprint density at radius 2 is 1.55 bits per heavy atom.